The second-order valence-electron chi connectivity index (χ2n) is 9.27. The molecule has 4 heteroatoms. The second-order valence-corrected chi connectivity index (χ2v) is 9.27. The van der Waals surface area contributed by atoms with E-state index in [4.69, 9.17) is 0 Å². The summed E-state index contributed by atoms with van der Waals surface area (Å²) in [5.41, 5.74) is 0.213. The van der Waals surface area contributed by atoms with Gasteiger partial charge in [-0.05, 0) is 62.6 Å². The average Bonchev–Trinajstić information content (AvgIpc) is 2.43. The zero-order valence-corrected chi connectivity index (χ0v) is 15.7. The molecule has 2 aliphatic heterocycles. The first-order valence-electron chi connectivity index (χ1n) is 9.43. The van der Waals surface area contributed by atoms with Crippen LogP contribution in [0.5, 0.6) is 0 Å². The van der Waals surface area contributed by atoms with Gasteiger partial charge in [0.15, 0.2) is 0 Å². The standard InChI is InChI=1S/C19H36F2N2/c1-15(2)16-6-11-23(12-7-16)17-8-10-22(14-19(17,20)21)13-9-18(3,4)5/h15-17H,6-14H2,1-5H3/t17-/m1/s1. The van der Waals surface area contributed by atoms with Crippen molar-refractivity contribution in [2.45, 2.75) is 72.3 Å². The Labute approximate surface area is 141 Å². The molecule has 2 saturated heterocycles. The Hall–Kier alpha value is -0.220. The molecule has 0 radical (unpaired) electrons. The number of hydrogen-bond acceptors (Lipinski definition) is 2. The van der Waals surface area contributed by atoms with Crippen LogP contribution >= 0.6 is 0 Å². The van der Waals surface area contributed by atoms with E-state index >= 15 is 0 Å². The van der Waals surface area contributed by atoms with E-state index in [-0.39, 0.29) is 12.0 Å². The number of hydrogen-bond donors (Lipinski definition) is 0. The summed E-state index contributed by atoms with van der Waals surface area (Å²) in [5, 5.41) is 0. The molecule has 1 atom stereocenters. The molecule has 23 heavy (non-hydrogen) atoms. The summed E-state index contributed by atoms with van der Waals surface area (Å²) < 4.78 is 29.4. The molecular weight excluding hydrogens is 294 g/mol. The maximum Gasteiger partial charge on any atom is 0.275 e. The van der Waals surface area contributed by atoms with Gasteiger partial charge in [0.1, 0.15) is 0 Å². The monoisotopic (exact) mass is 330 g/mol. The fraction of sp³-hybridized carbons (Fsp3) is 1.00. The molecule has 0 unspecified atom stereocenters. The van der Waals surface area contributed by atoms with E-state index in [0.29, 0.717) is 18.3 Å². The number of halogens is 2. The van der Waals surface area contributed by atoms with E-state index in [9.17, 15) is 8.78 Å². The summed E-state index contributed by atoms with van der Waals surface area (Å²) in [6.45, 7) is 14.3. The molecule has 0 saturated carbocycles. The predicted molar refractivity (Wildman–Crippen MR) is 93.0 cm³/mol. The molecule has 0 aromatic heterocycles. The lowest BCUT2D eigenvalue weighted by atomic mass is 9.85. The molecule has 2 fully saturated rings. The normalized spacial score (nSPS) is 28.4. The van der Waals surface area contributed by atoms with Gasteiger partial charge >= 0.3 is 0 Å². The van der Waals surface area contributed by atoms with E-state index in [2.05, 4.69) is 39.5 Å². The lowest BCUT2D eigenvalue weighted by molar-refractivity contribution is -0.133. The van der Waals surface area contributed by atoms with Gasteiger partial charge in [-0.2, -0.15) is 0 Å². The quantitative estimate of drug-likeness (QED) is 0.749. The van der Waals surface area contributed by atoms with Crippen LogP contribution in [0.1, 0.15) is 60.3 Å². The number of piperidine rings is 2. The van der Waals surface area contributed by atoms with Crippen molar-refractivity contribution < 1.29 is 8.78 Å². The topological polar surface area (TPSA) is 6.48 Å². The van der Waals surface area contributed by atoms with Gasteiger partial charge in [0, 0.05) is 6.54 Å². The number of likely N-dealkylation sites (tertiary alicyclic amines) is 2. The molecule has 2 nitrogen and oxygen atoms in total. The molecule has 136 valence electrons. The molecule has 0 bridgehead atoms. The maximum atomic E-state index is 14.7. The Morgan fingerprint density at radius 1 is 1.04 bits per heavy atom. The zero-order valence-electron chi connectivity index (χ0n) is 15.7. The van der Waals surface area contributed by atoms with Crippen LogP contribution in [0, 0.1) is 17.3 Å². The summed E-state index contributed by atoms with van der Waals surface area (Å²) in [4.78, 5) is 4.06. The van der Waals surface area contributed by atoms with Crippen molar-refractivity contribution in [2.24, 2.45) is 17.3 Å². The van der Waals surface area contributed by atoms with Crippen LogP contribution in [0.2, 0.25) is 0 Å². The first kappa shape index (κ1) is 19.1. The SMILES string of the molecule is CC(C)C1CCN([C@@H]2CCN(CCC(C)(C)C)CC2(F)F)CC1. The van der Waals surface area contributed by atoms with Crippen LogP contribution in [0.4, 0.5) is 8.78 Å². The van der Waals surface area contributed by atoms with Crippen molar-refractivity contribution in [2.75, 3.05) is 32.7 Å². The molecule has 0 aromatic carbocycles. The van der Waals surface area contributed by atoms with Crippen LogP contribution < -0.4 is 0 Å². The van der Waals surface area contributed by atoms with Crippen LogP contribution in [-0.4, -0.2) is 54.5 Å². The lowest BCUT2D eigenvalue weighted by Crippen LogP contribution is -2.59. The van der Waals surface area contributed by atoms with Crippen molar-refractivity contribution in [1.82, 2.24) is 9.80 Å². The molecule has 2 heterocycles. The fourth-order valence-corrected chi connectivity index (χ4v) is 4.03. The highest BCUT2D eigenvalue weighted by molar-refractivity contribution is 4.94. The number of nitrogens with zero attached hydrogens (tertiary/aromatic N) is 2. The van der Waals surface area contributed by atoms with Crippen LogP contribution in [0.3, 0.4) is 0 Å². The Balaban J connectivity index is 1.86. The van der Waals surface area contributed by atoms with Gasteiger partial charge < -0.3 is 0 Å². The van der Waals surface area contributed by atoms with Gasteiger partial charge in [-0.3, -0.25) is 9.80 Å². The number of rotatable bonds is 4. The Kier molecular flexibility index (Phi) is 6.10. The van der Waals surface area contributed by atoms with E-state index < -0.39 is 12.0 Å². The molecule has 0 aromatic rings. The summed E-state index contributed by atoms with van der Waals surface area (Å²) in [5.74, 6) is -1.18. The Bertz CT molecular complexity index is 368. The molecule has 0 amide bonds. The van der Waals surface area contributed by atoms with Crippen molar-refractivity contribution in [3.63, 3.8) is 0 Å². The summed E-state index contributed by atoms with van der Waals surface area (Å²) in [7, 11) is 0. The fourth-order valence-electron chi connectivity index (χ4n) is 4.03. The average molecular weight is 331 g/mol. The highest BCUT2D eigenvalue weighted by atomic mass is 19.3. The summed E-state index contributed by atoms with van der Waals surface area (Å²) in [6, 6.07) is -0.540. The van der Waals surface area contributed by atoms with Crippen molar-refractivity contribution in [3.05, 3.63) is 0 Å². The minimum Gasteiger partial charge on any atom is -0.297 e. The third-order valence-electron chi connectivity index (χ3n) is 5.78. The highest BCUT2D eigenvalue weighted by Crippen LogP contribution is 2.35. The second kappa shape index (κ2) is 7.35. The zero-order chi connectivity index (χ0) is 17.3. The van der Waals surface area contributed by atoms with Crippen molar-refractivity contribution >= 4 is 0 Å². The predicted octanol–water partition coefficient (Wildman–Crippen LogP) is 4.50. The molecule has 0 N–H and O–H groups in total. The van der Waals surface area contributed by atoms with E-state index in [1.807, 2.05) is 4.90 Å². The molecule has 2 rings (SSSR count). The Morgan fingerprint density at radius 3 is 2.13 bits per heavy atom. The van der Waals surface area contributed by atoms with Gasteiger partial charge in [0.2, 0.25) is 0 Å². The maximum absolute atomic E-state index is 14.7. The van der Waals surface area contributed by atoms with E-state index in [1.165, 1.54) is 0 Å². The van der Waals surface area contributed by atoms with Crippen LogP contribution in [0.25, 0.3) is 0 Å². The summed E-state index contributed by atoms with van der Waals surface area (Å²) >= 11 is 0. The summed E-state index contributed by atoms with van der Waals surface area (Å²) in [6.07, 6.45) is 3.76. The third-order valence-corrected chi connectivity index (χ3v) is 5.78. The van der Waals surface area contributed by atoms with Gasteiger partial charge in [-0.1, -0.05) is 34.6 Å². The van der Waals surface area contributed by atoms with Crippen molar-refractivity contribution in [1.29, 1.82) is 0 Å². The van der Waals surface area contributed by atoms with Gasteiger partial charge in [-0.15, -0.1) is 0 Å². The van der Waals surface area contributed by atoms with E-state index in [1.54, 1.807) is 0 Å². The molecular formula is C19H36F2N2. The molecule has 0 aliphatic carbocycles. The van der Waals surface area contributed by atoms with Gasteiger partial charge in [0.25, 0.3) is 5.92 Å². The molecule has 2 aliphatic rings. The minimum absolute atomic E-state index is 0.0577. The van der Waals surface area contributed by atoms with Crippen molar-refractivity contribution in [3.8, 4) is 0 Å². The molecule has 0 spiro atoms. The smallest absolute Gasteiger partial charge is 0.275 e. The van der Waals surface area contributed by atoms with Crippen LogP contribution in [0.15, 0.2) is 0 Å². The third kappa shape index (κ3) is 5.38. The first-order valence-corrected chi connectivity index (χ1v) is 9.43. The lowest BCUT2D eigenvalue weighted by Gasteiger charge is -2.46. The van der Waals surface area contributed by atoms with Crippen LogP contribution in [-0.2, 0) is 0 Å². The minimum atomic E-state index is -2.57. The van der Waals surface area contributed by atoms with E-state index in [0.717, 1.165) is 45.4 Å². The number of alkyl halides is 2. The highest BCUT2D eigenvalue weighted by Gasteiger charge is 2.47. The Morgan fingerprint density at radius 2 is 1.65 bits per heavy atom. The van der Waals surface area contributed by atoms with Gasteiger partial charge in [0.05, 0.1) is 12.6 Å². The van der Waals surface area contributed by atoms with Gasteiger partial charge in [-0.25, -0.2) is 8.78 Å². The largest absolute Gasteiger partial charge is 0.297 e. The first-order chi connectivity index (χ1) is 10.6.